The molecule has 0 bridgehead atoms. The molecule has 2 unspecified atom stereocenters. The highest BCUT2D eigenvalue weighted by Gasteiger charge is 2.32. The highest BCUT2D eigenvalue weighted by atomic mass is 16.2. The van der Waals surface area contributed by atoms with Crippen LogP contribution in [0.4, 0.5) is 0 Å². The molecule has 2 atom stereocenters. The maximum Gasteiger partial charge on any atom is 0.222 e. The monoisotopic (exact) mass is 254 g/mol. The lowest BCUT2D eigenvalue weighted by molar-refractivity contribution is -0.135. The maximum absolute atomic E-state index is 11.9. The third-order valence-corrected chi connectivity index (χ3v) is 4.02. The largest absolute Gasteiger partial charge is 0.337 e. The van der Waals surface area contributed by atoms with E-state index in [-0.39, 0.29) is 18.0 Å². The number of rotatable bonds is 1. The van der Waals surface area contributed by atoms with E-state index in [1.165, 1.54) is 10.8 Å². The van der Waals surface area contributed by atoms with E-state index in [9.17, 15) is 4.79 Å². The topological polar surface area (TPSA) is 46.3 Å². The van der Waals surface area contributed by atoms with Gasteiger partial charge in [-0.25, -0.2) is 0 Å². The number of carbonyl (C=O) groups excluding carboxylic acids is 1. The van der Waals surface area contributed by atoms with Crippen LogP contribution >= 0.6 is 0 Å². The zero-order valence-corrected chi connectivity index (χ0v) is 11.0. The second-order valence-electron chi connectivity index (χ2n) is 5.26. The van der Waals surface area contributed by atoms with Gasteiger partial charge in [0, 0.05) is 19.5 Å². The fourth-order valence-electron chi connectivity index (χ4n) is 2.93. The molecule has 2 aromatic rings. The molecule has 19 heavy (non-hydrogen) atoms. The number of benzene rings is 2. The van der Waals surface area contributed by atoms with Crippen molar-refractivity contribution in [2.75, 3.05) is 7.05 Å². The highest BCUT2D eigenvalue weighted by Crippen LogP contribution is 2.31. The van der Waals surface area contributed by atoms with Crippen LogP contribution < -0.4 is 5.73 Å². The van der Waals surface area contributed by atoms with Crippen molar-refractivity contribution < 1.29 is 4.79 Å². The van der Waals surface area contributed by atoms with Gasteiger partial charge in [-0.15, -0.1) is 0 Å². The fourth-order valence-corrected chi connectivity index (χ4v) is 2.93. The summed E-state index contributed by atoms with van der Waals surface area (Å²) in [5, 5.41) is 2.41. The maximum atomic E-state index is 11.9. The number of fused-ring (bicyclic) bond motifs is 1. The van der Waals surface area contributed by atoms with Crippen LogP contribution in [-0.2, 0) is 4.79 Å². The molecule has 98 valence electrons. The quantitative estimate of drug-likeness (QED) is 0.849. The van der Waals surface area contributed by atoms with E-state index in [0.29, 0.717) is 6.42 Å². The Hall–Kier alpha value is -1.87. The van der Waals surface area contributed by atoms with Gasteiger partial charge in [0.25, 0.3) is 0 Å². The van der Waals surface area contributed by atoms with Crippen molar-refractivity contribution in [2.45, 2.75) is 24.9 Å². The van der Waals surface area contributed by atoms with Gasteiger partial charge in [-0.05, 0) is 28.8 Å². The van der Waals surface area contributed by atoms with Crippen molar-refractivity contribution in [3.8, 4) is 0 Å². The van der Waals surface area contributed by atoms with Crippen LogP contribution in [0.2, 0.25) is 0 Å². The smallest absolute Gasteiger partial charge is 0.222 e. The Morgan fingerprint density at radius 2 is 1.89 bits per heavy atom. The Morgan fingerprint density at radius 1 is 1.16 bits per heavy atom. The molecule has 3 nitrogen and oxygen atoms in total. The number of likely N-dealkylation sites (tertiary alicyclic amines) is 1. The molecule has 0 saturated carbocycles. The Labute approximate surface area is 113 Å². The Kier molecular flexibility index (Phi) is 2.99. The average Bonchev–Trinajstić information content (AvgIpc) is 2.43. The Morgan fingerprint density at radius 3 is 2.68 bits per heavy atom. The normalized spacial score (nSPS) is 23.9. The van der Waals surface area contributed by atoms with Gasteiger partial charge in [-0.3, -0.25) is 4.79 Å². The molecule has 0 aliphatic carbocycles. The first-order chi connectivity index (χ1) is 9.16. The third kappa shape index (κ3) is 2.10. The van der Waals surface area contributed by atoms with Crippen LogP contribution in [-0.4, -0.2) is 23.9 Å². The SMILES string of the molecule is CN1C(=O)CCC(N)C1c1ccc2ccccc2c1. The van der Waals surface area contributed by atoms with Crippen LogP contribution in [0.5, 0.6) is 0 Å². The first-order valence-electron chi connectivity index (χ1n) is 6.67. The van der Waals surface area contributed by atoms with Crippen molar-refractivity contribution in [1.82, 2.24) is 4.90 Å². The molecule has 1 saturated heterocycles. The molecule has 1 fully saturated rings. The van der Waals surface area contributed by atoms with Gasteiger partial charge in [0.15, 0.2) is 0 Å². The molecule has 2 aromatic carbocycles. The summed E-state index contributed by atoms with van der Waals surface area (Å²) in [6, 6.07) is 14.6. The summed E-state index contributed by atoms with van der Waals surface area (Å²) in [4.78, 5) is 13.6. The number of hydrogen-bond acceptors (Lipinski definition) is 2. The second kappa shape index (κ2) is 4.67. The van der Waals surface area contributed by atoms with Crippen molar-refractivity contribution >= 4 is 16.7 Å². The molecule has 0 spiro atoms. The predicted molar refractivity (Wildman–Crippen MR) is 76.7 cm³/mol. The minimum Gasteiger partial charge on any atom is -0.337 e. The van der Waals surface area contributed by atoms with Crippen LogP contribution in [0, 0.1) is 0 Å². The molecule has 1 aliphatic rings. The molecule has 3 rings (SSSR count). The van der Waals surface area contributed by atoms with Gasteiger partial charge in [0.1, 0.15) is 0 Å². The first-order valence-corrected chi connectivity index (χ1v) is 6.67. The van der Waals surface area contributed by atoms with Crippen LogP contribution in [0.1, 0.15) is 24.4 Å². The summed E-state index contributed by atoms with van der Waals surface area (Å²) >= 11 is 0. The highest BCUT2D eigenvalue weighted by molar-refractivity contribution is 5.83. The van der Waals surface area contributed by atoms with Crippen LogP contribution in [0.15, 0.2) is 42.5 Å². The van der Waals surface area contributed by atoms with E-state index in [2.05, 4.69) is 30.3 Å². The molecular formula is C16H18N2O. The summed E-state index contributed by atoms with van der Waals surface area (Å²) in [6.07, 6.45) is 1.32. The molecule has 0 aromatic heterocycles. The summed E-state index contributed by atoms with van der Waals surface area (Å²) in [5.74, 6) is 0.180. The molecule has 1 heterocycles. The van der Waals surface area contributed by atoms with Crippen molar-refractivity contribution in [1.29, 1.82) is 0 Å². The number of hydrogen-bond donors (Lipinski definition) is 1. The predicted octanol–water partition coefficient (Wildman–Crippen LogP) is 2.46. The van der Waals surface area contributed by atoms with Crippen LogP contribution in [0.3, 0.4) is 0 Å². The van der Waals surface area contributed by atoms with Crippen molar-refractivity contribution in [2.24, 2.45) is 5.73 Å². The lowest BCUT2D eigenvalue weighted by Crippen LogP contribution is -2.46. The number of piperidine rings is 1. The zero-order valence-electron chi connectivity index (χ0n) is 11.0. The number of nitrogens with two attached hydrogens (primary N) is 1. The number of amides is 1. The van der Waals surface area contributed by atoms with E-state index in [0.717, 1.165) is 12.0 Å². The minimum atomic E-state index is -0.00847. The lowest BCUT2D eigenvalue weighted by Gasteiger charge is -2.37. The van der Waals surface area contributed by atoms with Crippen molar-refractivity contribution in [3.63, 3.8) is 0 Å². The Bertz CT molecular complexity index is 623. The fraction of sp³-hybridized carbons (Fsp3) is 0.312. The van der Waals surface area contributed by atoms with E-state index < -0.39 is 0 Å². The summed E-state index contributed by atoms with van der Waals surface area (Å²) in [5.41, 5.74) is 7.34. The lowest BCUT2D eigenvalue weighted by atomic mass is 9.90. The summed E-state index contributed by atoms with van der Waals surface area (Å²) in [6.45, 7) is 0. The van der Waals surface area contributed by atoms with E-state index >= 15 is 0 Å². The number of carbonyl (C=O) groups is 1. The second-order valence-corrected chi connectivity index (χ2v) is 5.26. The Balaban J connectivity index is 2.04. The van der Waals surface area contributed by atoms with Gasteiger partial charge >= 0.3 is 0 Å². The number of nitrogens with zero attached hydrogens (tertiary/aromatic N) is 1. The standard InChI is InChI=1S/C16H18N2O/c1-18-15(19)9-8-14(17)16(18)13-7-6-11-4-2-3-5-12(11)10-13/h2-7,10,14,16H,8-9,17H2,1H3. The van der Waals surface area contributed by atoms with Gasteiger partial charge in [0.05, 0.1) is 6.04 Å². The molecule has 1 aliphatic heterocycles. The first kappa shape index (κ1) is 12.2. The molecular weight excluding hydrogens is 236 g/mol. The average molecular weight is 254 g/mol. The van der Waals surface area contributed by atoms with Gasteiger partial charge < -0.3 is 10.6 Å². The van der Waals surface area contributed by atoms with Gasteiger partial charge in [-0.2, -0.15) is 0 Å². The van der Waals surface area contributed by atoms with E-state index in [4.69, 9.17) is 5.73 Å². The molecule has 2 N–H and O–H groups in total. The molecule has 3 heteroatoms. The van der Waals surface area contributed by atoms with E-state index in [1.807, 2.05) is 19.2 Å². The van der Waals surface area contributed by atoms with Crippen molar-refractivity contribution in [3.05, 3.63) is 48.0 Å². The summed E-state index contributed by atoms with van der Waals surface area (Å²) in [7, 11) is 1.85. The molecule has 0 radical (unpaired) electrons. The van der Waals surface area contributed by atoms with Crippen LogP contribution in [0.25, 0.3) is 10.8 Å². The number of likely N-dealkylation sites (N-methyl/N-ethyl adjacent to an activating group) is 1. The van der Waals surface area contributed by atoms with E-state index in [1.54, 1.807) is 4.90 Å². The minimum absolute atomic E-state index is 0.00847. The molecule has 1 amide bonds. The zero-order chi connectivity index (χ0) is 13.4. The van der Waals surface area contributed by atoms with Gasteiger partial charge in [-0.1, -0.05) is 36.4 Å². The summed E-state index contributed by atoms with van der Waals surface area (Å²) < 4.78 is 0. The third-order valence-electron chi connectivity index (χ3n) is 4.02. The van der Waals surface area contributed by atoms with Gasteiger partial charge in [0.2, 0.25) is 5.91 Å².